The fourth-order valence-corrected chi connectivity index (χ4v) is 1.42. The Balaban J connectivity index is 2.65. The maximum Gasteiger partial charge on any atom is 0.245 e. The lowest BCUT2D eigenvalue weighted by Crippen LogP contribution is -1.89. The Bertz CT molecular complexity index is 305. The Labute approximate surface area is 86.6 Å². The van der Waals surface area contributed by atoms with Crippen LogP contribution in [0.1, 0.15) is 43.9 Å². The number of benzene rings is 1. The van der Waals surface area contributed by atoms with E-state index < -0.39 is 0 Å². The maximum absolute atomic E-state index is 6.94. The van der Waals surface area contributed by atoms with E-state index in [1.54, 1.807) is 0 Å². The molecule has 14 heavy (non-hydrogen) atoms. The summed E-state index contributed by atoms with van der Waals surface area (Å²) >= 11 is 0. The van der Waals surface area contributed by atoms with Crippen LogP contribution in [0, 0.1) is 6.57 Å². The van der Waals surface area contributed by atoms with Crippen LogP contribution in [-0.2, 0) is 6.42 Å². The molecule has 1 atom stereocenters. The van der Waals surface area contributed by atoms with E-state index in [2.05, 4.69) is 36.0 Å². The van der Waals surface area contributed by atoms with Crippen LogP contribution in [0.3, 0.4) is 0 Å². The minimum atomic E-state index is -0.00442. The number of hydrogen-bond acceptors (Lipinski definition) is 0. The van der Waals surface area contributed by atoms with Gasteiger partial charge in [0.15, 0.2) is 0 Å². The molecule has 1 aromatic rings. The summed E-state index contributed by atoms with van der Waals surface area (Å²) in [4.78, 5) is 3.50. The highest BCUT2D eigenvalue weighted by Crippen LogP contribution is 2.17. The van der Waals surface area contributed by atoms with Gasteiger partial charge in [-0.2, -0.15) is 0 Å². The van der Waals surface area contributed by atoms with Crippen LogP contribution in [0.4, 0.5) is 0 Å². The molecule has 0 aliphatic carbocycles. The monoisotopic (exact) mass is 187 g/mol. The molecule has 1 unspecified atom stereocenters. The summed E-state index contributed by atoms with van der Waals surface area (Å²) in [6, 6.07) is 8.44. The Morgan fingerprint density at radius 2 is 1.93 bits per heavy atom. The van der Waals surface area contributed by atoms with Crippen molar-refractivity contribution in [2.75, 3.05) is 0 Å². The van der Waals surface area contributed by atoms with E-state index in [1.807, 2.05) is 6.92 Å². The molecule has 0 bridgehead atoms. The average molecular weight is 187 g/mol. The fourth-order valence-electron chi connectivity index (χ4n) is 1.42. The molecule has 0 saturated carbocycles. The van der Waals surface area contributed by atoms with Crippen molar-refractivity contribution in [1.82, 2.24) is 0 Å². The molecule has 0 aliphatic rings. The molecular weight excluding hydrogens is 170 g/mol. The molecule has 74 valence electrons. The molecule has 0 amide bonds. The average Bonchev–Trinajstić information content (AvgIpc) is 2.26. The number of aryl methyl sites for hydroxylation is 1. The van der Waals surface area contributed by atoms with Crippen molar-refractivity contribution in [1.29, 1.82) is 0 Å². The second-order valence-corrected chi connectivity index (χ2v) is 3.65. The van der Waals surface area contributed by atoms with Crippen molar-refractivity contribution < 1.29 is 0 Å². The van der Waals surface area contributed by atoms with Gasteiger partial charge in [-0.3, -0.25) is 0 Å². The van der Waals surface area contributed by atoms with Gasteiger partial charge in [0.2, 0.25) is 6.04 Å². The topological polar surface area (TPSA) is 4.36 Å². The maximum atomic E-state index is 6.94. The second-order valence-electron chi connectivity index (χ2n) is 3.65. The Morgan fingerprint density at radius 1 is 1.29 bits per heavy atom. The number of hydrogen-bond donors (Lipinski definition) is 0. The SMILES string of the molecule is [C-]#[N+]C(C)c1ccc(CCCC)cc1. The summed E-state index contributed by atoms with van der Waals surface area (Å²) < 4.78 is 0. The zero-order valence-corrected chi connectivity index (χ0v) is 8.96. The van der Waals surface area contributed by atoms with E-state index in [4.69, 9.17) is 6.57 Å². The molecule has 0 fully saturated rings. The normalized spacial score (nSPS) is 12.1. The molecule has 0 aliphatic heterocycles. The Kier molecular flexibility index (Phi) is 4.19. The highest BCUT2D eigenvalue weighted by atomic mass is 14.7. The van der Waals surface area contributed by atoms with E-state index in [-0.39, 0.29) is 6.04 Å². The first-order chi connectivity index (χ1) is 6.77. The first-order valence-corrected chi connectivity index (χ1v) is 5.23. The molecule has 0 heterocycles. The smallest absolute Gasteiger partial charge is 0.245 e. The van der Waals surface area contributed by atoms with E-state index in [0.29, 0.717) is 0 Å². The third kappa shape index (κ3) is 2.88. The molecule has 1 rings (SSSR count). The van der Waals surface area contributed by atoms with Gasteiger partial charge in [0.05, 0.1) is 0 Å². The minimum absolute atomic E-state index is 0.00442. The van der Waals surface area contributed by atoms with Crippen LogP contribution in [0.15, 0.2) is 24.3 Å². The standard InChI is InChI=1S/C13H17N/c1-4-5-6-12-7-9-13(10-8-12)11(2)14-3/h7-11H,4-6H2,1-2H3. The predicted octanol–water partition coefficient (Wildman–Crippen LogP) is 4.01. The third-order valence-electron chi connectivity index (χ3n) is 2.47. The predicted molar refractivity (Wildman–Crippen MR) is 60.1 cm³/mol. The van der Waals surface area contributed by atoms with Crippen molar-refractivity contribution in [2.45, 2.75) is 39.2 Å². The minimum Gasteiger partial charge on any atom is -0.309 e. The van der Waals surface area contributed by atoms with Crippen LogP contribution in [0.2, 0.25) is 0 Å². The molecule has 0 spiro atoms. The van der Waals surface area contributed by atoms with Crippen LogP contribution in [0.5, 0.6) is 0 Å². The van der Waals surface area contributed by atoms with Gasteiger partial charge in [0.25, 0.3) is 0 Å². The van der Waals surface area contributed by atoms with Crippen molar-refractivity contribution in [3.8, 4) is 0 Å². The summed E-state index contributed by atoms with van der Waals surface area (Å²) in [6.07, 6.45) is 3.64. The quantitative estimate of drug-likeness (QED) is 0.627. The molecular formula is C13H17N. The summed E-state index contributed by atoms with van der Waals surface area (Å²) in [5.41, 5.74) is 2.51. The molecule has 1 aromatic carbocycles. The molecule has 0 N–H and O–H groups in total. The van der Waals surface area contributed by atoms with E-state index in [9.17, 15) is 0 Å². The molecule has 0 radical (unpaired) electrons. The summed E-state index contributed by atoms with van der Waals surface area (Å²) in [6.45, 7) is 11.1. The van der Waals surface area contributed by atoms with Gasteiger partial charge in [0, 0.05) is 12.5 Å². The zero-order valence-electron chi connectivity index (χ0n) is 8.96. The molecule has 1 nitrogen and oxygen atoms in total. The third-order valence-corrected chi connectivity index (χ3v) is 2.47. The van der Waals surface area contributed by atoms with Crippen molar-refractivity contribution in [2.24, 2.45) is 0 Å². The highest BCUT2D eigenvalue weighted by Gasteiger charge is 2.06. The van der Waals surface area contributed by atoms with Gasteiger partial charge in [-0.05, 0) is 18.4 Å². The Hall–Kier alpha value is -1.29. The largest absolute Gasteiger partial charge is 0.309 e. The molecule has 1 heteroatoms. The van der Waals surface area contributed by atoms with Gasteiger partial charge in [-0.15, -0.1) is 0 Å². The van der Waals surface area contributed by atoms with Crippen molar-refractivity contribution in [3.63, 3.8) is 0 Å². The van der Waals surface area contributed by atoms with Crippen LogP contribution in [-0.4, -0.2) is 0 Å². The van der Waals surface area contributed by atoms with E-state index in [1.165, 1.54) is 18.4 Å². The fraction of sp³-hybridized carbons (Fsp3) is 0.462. The van der Waals surface area contributed by atoms with Gasteiger partial charge >= 0.3 is 0 Å². The summed E-state index contributed by atoms with van der Waals surface area (Å²) in [5, 5.41) is 0. The molecule has 0 saturated heterocycles. The second kappa shape index (κ2) is 5.44. The number of nitrogens with zero attached hydrogens (tertiary/aromatic N) is 1. The lowest BCUT2D eigenvalue weighted by Gasteiger charge is -2.02. The lowest BCUT2D eigenvalue weighted by molar-refractivity contribution is 0.794. The Morgan fingerprint density at radius 3 is 2.43 bits per heavy atom. The first kappa shape index (κ1) is 10.8. The zero-order chi connectivity index (χ0) is 10.4. The first-order valence-electron chi connectivity index (χ1n) is 5.23. The van der Waals surface area contributed by atoms with Crippen LogP contribution >= 0.6 is 0 Å². The van der Waals surface area contributed by atoms with Gasteiger partial charge in [-0.1, -0.05) is 37.6 Å². The van der Waals surface area contributed by atoms with E-state index in [0.717, 1.165) is 12.0 Å². The van der Waals surface area contributed by atoms with Gasteiger partial charge in [0.1, 0.15) is 0 Å². The molecule has 0 aromatic heterocycles. The summed E-state index contributed by atoms with van der Waals surface area (Å²) in [7, 11) is 0. The number of unbranched alkanes of at least 4 members (excludes halogenated alkanes) is 1. The van der Waals surface area contributed by atoms with Crippen molar-refractivity contribution in [3.05, 3.63) is 46.8 Å². The van der Waals surface area contributed by atoms with Crippen LogP contribution in [0.25, 0.3) is 4.85 Å². The van der Waals surface area contributed by atoms with Gasteiger partial charge in [-0.25, -0.2) is 6.57 Å². The lowest BCUT2D eigenvalue weighted by atomic mass is 10.0. The van der Waals surface area contributed by atoms with Gasteiger partial charge < -0.3 is 4.85 Å². The number of rotatable bonds is 4. The van der Waals surface area contributed by atoms with Crippen LogP contribution < -0.4 is 0 Å². The van der Waals surface area contributed by atoms with Crippen molar-refractivity contribution >= 4 is 0 Å². The summed E-state index contributed by atoms with van der Waals surface area (Å²) in [5.74, 6) is 0. The van der Waals surface area contributed by atoms with E-state index >= 15 is 0 Å². The highest BCUT2D eigenvalue weighted by molar-refractivity contribution is 5.26.